The molecule has 1 aromatic heterocycles. The molecule has 0 N–H and O–H groups in total. The summed E-state index contributed by atoms with van der Waals surface area (Å²) in [5.41, 5.74) is -1.82. The highest BCUT2D eigenvalue weighted by Gasteiger charge is 2.56. The molecule has 142 valence electrons. The number of Topliss-reactive ketones (excluding diaryl/α,β-unsaturated/α-hetero) is 1. The molecule has 2 aliphatic rings. The molecule has 0 bridgehead atoms. The Bertz CT molecular complexity index is 711. The van der Waals surface area contributed by atoms with Crippen LogP contribution < -0.4 is 0 Å². The first-order valence-corrected chi connectivity index (χ1v) is 8.32. The van der Waals surface area contributed by atoms with Gasteiger partial charge in [-0.2, -0.15) is 13.2 Å². The summed E-state index contributed by atoms with van der Waals surface area (Å²) in [5.74, 6) is -0.589. The number of nitrogens with zero attached hydrogens (tertiary/aromatic N) is 3. The number of carbonyl (C=O) groups is 2. The third-order valence-electron chi connectivity index (χ3n) is 4.64. The van der Waals surface area contributed by atoms with Crippen LogP contribution in [0.1, 0.15) is 49.8 Å². The Kier molecular flexibility index (Phi) is 4.23. The zero-order chi connectivity index (χ0) is 19.3. The monoisotopic (exact) mass is 371 g/mol. The van der Waals surface area contributed by atoms with Crippen molar-refractivity contribution in [2.45, 2.75) is 45.4 Å². The van der Waals surface area contributed by atoms with Crippen LogP contribution >= 0.6 is 0 Å². The van der Waals surface area contributed by atoms with Gasteiger partial charge in [-0.15, -0.1) is 10.2 Å². The van der Waals surface area contributed by atoms with Crippen molar-refractivity contribution in [3.8, 4) is 0 Å². The fourth-order valence-electron chi connectivity index (χ4n) is 3.47. The van der Waals surface area contributed by atoms with E-state index >= 15 is 0 Å². The van der Waals surface area contributed by atoms with E-state index < -0.39 is 17.5 Å². The van der Waals surface area contributed by atoms with E-state index in [1.54, 1.807) is 25.7 Å². The van der Waals surface area contributed by atoms with Gasteiger partial charge in [0.25, 0.3) is 0 Å². The van der Waals surface area contributed by atoms with Crippen molar-refractivity contribution in [3.63, 3.8) is 0 Å². The highest BCUT2D eigenvalue weighted by atomic mass is 19.4. The van der Waals surface area contributed by atoms with Crippen LogP contribution in [0.5, 0.6) is 0 Å². The summed E-state index contributed by atoms with van der Waals surface area (Å²) in [5, 5.41) is 6.51. The van der Waals surface area contributed by atoms with Gasteiger partial charge in [0.2, 0.25) is 0 Å². The smallest absolute Gasteiger partial charge is 0.435 e. The number of alkyl halides is 3. The number of hydrogen-bond acceptors (Lipinski definition) is 5. The Balaban J connectivity index is 1.51. The van der Waals surface area contributed by atoms with Crippen molar-refractivity contribution in [1.29, 1.82) is 0 Å². The molecular formula is C17H20F3N3O3. The van der Waals surface area contributed by atoms with Crippen LogP contribution in [0, 0.1) is 11.3 Å². The van der Waals surface area contributed by atoms with Crippen LogP contribution in [0.2, 0.25) is 0 Å². The van der Waals surface area contributed by atoms with E-state index in [0.29, 0.717) is 25.9 Å². The second-order valence-electron chi connectivity index (χ2n) is 8.11. The van der Waals surface area contributed by atoms with Crippen LogP contribution in [0.15, 0.2) is 12.1 Å². The Morgan fingerprint density at radius 1 is 1.15 bits per heavy atom. The van der Waals surface area contributed by atoms with Crippen LogP contribution in [-0.2, 0) is 10.9 Å². The van der Waals surface area contributed by atoms with Gasteiger partial charge in [0.05, 0.1) is 0 Å². The molecule has 2 heterocycles. The minimum Gasteiger partial charge on any atom is -0.444 e. The summed E-state index contributed by atoms with van der Waals surface area (Å²) in [6.45, 7) is 6.45. The molecule has 1 aliphatic heterocycles. The standard InChI is InChI=1S/C17H20F3N3O3/c1-15(2,3)26-14(25)23-8-16(9-23)6-10(7-16)13(24)11-4-5-12(22-21-11)17(18,19)20/h4-5,10H,6-9H2,1-3H3. The van der Waals surface area contributed by atoms with Gasteiger partial charge >= 0.3 is 12.3 Å². The molecule has 1 aliphatic carbocycles. The zero-order valence-corrected chi connectivity index (χ0v) is 14.8. The van der Waals surface area contributed by atoms with Gasteiger partial charge in [0.1, 0.15) is 11.3 Å². The molecule has 1 spiro atoms. The summed E-state index contributed by atoms with van der Waals surface area (Å²) in [6, 6.07) is 1.83. The average molecular weight is 371 g/mol. The Morgan fingerprint density at radius 2 is 1.77 bits per heavy atom. The third-order valence-corrected chi connectivity index (χ3v) is 4.64. The van der Waals surface area contributed by atoms with Gasteiger partial charge in [-0.05, 0) is 45.7 Å². The van der Waals surface area contributed by atoms with Crippen molar-refractivity contribution in [2.75, 3.05) is 13.1 Å². The van der Waals surface area contributed by atoms with Gasteiger partial charge in [0, 0.05) is 24.4 Å². The summed E-state index contributed by atoms with van der Waals surface area (Å²) in [7, 11) is 0. The molecule has 1 aromatic rings. The van der Waals surface area contributed by atoms with Gasteiger partial charge < -0.3 is 9.64 Å². The quantitative estimate of drug-likeness (QED) is 0.746. The van der Waals surface area contributed by atoms with Gasteiger partial charge in [-0.1, -0.05) is 0 Å². The van der Waals surface area contributed by atoms with E-state index in [0.717, 1.165) is 12.1 Å². The Hall–Kier alpha value is -2.19. The van der Waals surface area contributed by atoms with E-state index in [1.165, 1.54) is 0 Å². The lowest BCUT2D eigenvalue weighted by Crippen LogP contribution is -2.65. The molecule has 1 amide bonds. The summed E-state index contributed by atoms with van der Waals surface area (Å²) in [4.78, 5) is 25.9. The molecule has 6 nitrogen and oxygen atoms in total. The van der Waals surface area contributed by atoms with Crippen molar-refractivity contribution in [2.24, 2.45) is 11.3 Å². The molecular weight excluding hydrogens is 351 g/mol. The maximum atomic E-state index is 12.5. The summed E-state index contributed by atoms with van der Waals surface area (Å²) >= 11 is 0. The van der Waals surface area contributed by atoms with Gasteiger partial charge in [-0.3, -0.25) is 4.79 Å². The largest absolute Gasteiger partial charge is 0.444 e. The van der Waals surface area contributed by atoms with Crippen LogP contribution in [0.25, 0.3) is 0 Å². The number of amides is 1. The number of ether oxygens (including phenoxy) is 1. The van der Waals surface area contributed by atoms with Crippen LogP contribution in [0.3, 0.4) is 0 Å². The number of aromatic nitrogens is 2. The highest BCUT2D eigenvalue weighted by molar-refractivity contribution is 5.96. The summed E-state index contributed by atoms with van der Waals surface area (Å²) < 4.78 is 42.8. The SMILES string of the molecule is CC(C)(C)OC(=O)N1CC2(CC(C(=O)c3ccc(C(F)(F)F)nn3)C2)C1. The Morgan fingerprint density at radius 3 is 2.23 bits per heavy atom. The number of halogens is 3. The van der Waals surface area contributed by atoms with Crippen molar-refractivity contribution < 1.29 is 27.5 Å². The lowest BCUT2D eigenvalue weighted by molar-refractivity contribution is -0.141. The minimum absolute atomic E-state index is 0.0545. The van der Waals surface area contributed by atoms with Gasteiger partial charge in [-0.25, -0.2) is 4.79 Å². The predicted molar refractivity (Wildman–Crippen MR) is 84.3 cm³/mol. The first-order chi connectivity index (χ1) is 11.9. The highest BCUT2D eigenvalue weighted by Crippen LogP contribution is 2.52. The molecule has 1 saturated carbocycles. The van der Waals surface area contributed by atoms with Gasteiger partial charge in [0.15, 0.2) is 11.5 Å². The maximum Gasteiger partial charge on any atom is 0.435 e. The average Bonchev–Trinajstić information content (AvgIpc) is 2.41. The van der Waals surface area contributed by atoms with Crippen molar-refractivity contribution in [1.82, 2.24) is 15.1 Å². The predicted octanol–water partition coefficient (Wildman–Crippen LogP) is 3.33. The Labute approximate surface area is 148 Å². The fourth-order valence-corrected chi connectivity index (χ4v) is 3.47. The normalized spacial score (nSPS) is 19.7. The second kappa shape index (κ2) is 5.92. The zero-order valence-electron chi connectivity index (χ0n) is 14.8. The van der Waals surface area contributed by atoms with Crippen molar-refractivity contribution in [3.05, 3.63) is 23.5 Å². The number of hydrogen-bond donors (Lipinski definition) is 0. The van der Waals surface area contributed by atoms with E-state index in [4.69, 9.17) is 4.74 Å². The molecule has 0 radical (unpaired) electrons. The van der Waals surface area contributed by atoms with Crippen molar-refractivity contribution >= 4 is 11.9 Å². The first-order valence-electron chi connectivity index (χ1n) is 8.32. The topological polar surface area (TPSA) is 72.4 Å². The fraction of sp³-hybridized carbons (Fsp3) is 0.647. The molecule has 9 heteroatoms. The van der Waals surface area contributed by atoms with Crippen LogP contribution in [0.4, 0.5) is 18.0 Å². The van der Waals surface area contributed by atoms with E-state index in [2.05, 4.69) is 10.2 Å². The maximum absolute atomic E-state index is 12.5. The van der Waals surface area contributed by atoms with E-state index in [9.17, 15) is 22.8 Å². The van der Waals surface area contributed by atoms with E-state index in [-0.39, 0.29) is 28.9 Å². The lowest BCUT2D eigenvalue weighted by Gasteiger charge is -2.58. The molecule has 1 saturated heterocycles. The number of rotatable bonds is 2. The molecule has 26 heavy (non-hydrogen) atoms. The number of likely N-dealkylation sites (tertiary alicyclic amines) is 1. The third kappa shape index (κ3) is 3.66. The molecule has 0 unspecified atom stereocenters. The number of ketones is 1. The molecule has 3 rings (SSSR count). The number of carbonyl (C=O) groups excluding carboxylic acids is 2. The van der Waals surface area contributed by atoms with Crippen LogP contribution in [-0.4, -0.2) is 45.7 Å². The molecule has 0 aromatic carbocycles. The lowest BCUT2D eigenvalue weighted by atomic mass is 9.56. The summed E-state index contributed by atoms with van der Waals surface area (Å²) in [6.07, 6.45) is -3.76. The molecule has 0 atom stereocenters. The van der Waals surface area contributed by atoms with E-state index in [1.807, 2.05) is 0 Å². The second-order valence-corrected chi connectivity index (χ2v) is 8.11. The molecule has 2 fully saturated rings. The minimum atomic E-state index is -4.58. The first kappa shape index (κ1) is 18.6.